The second-order valence-corrected chi connectivity index (χ2v) is 4.58. The molecule has 0 amide bonds. The number of hydrogen-bond acceptors (Lipinski definition) is 3. The SMILES string of the molecule is COc1cc(C#N)ccc1NC(C)CCCC(F)(F)F. The normalized spacial score (nSPS) is 12.6. The van der Waals surface area contributed by atoms with Crippen molar-refractivity contribution in [3.63, 3.8) is 0 Å². The van der Waals surface area contributed by atoms with Crippen LogP contribution in [0.2, 0.25) is 0 Å². The maximum absolute atomic E-state index is 12.1. The fourth-order valence-corrected chi connectivity index (χ4v) is 1.83. The van der Waals surface area contributed by atoms with Crippen LogP contribution in [0.1, 0.15) is 31.7 Å². The van der Waals surface area contributed by atoms with Crippen LogP contribution in [0.4, 0.5) is 18.9 Å². The molecule has 0 radical (unpaired) electrons. The van der Waals surface area contributed by atoms with Crippen molar-refractivity contribution in [2.45, 2.75) is 38.4 Å². The zero-order valence-electron chi connectivity index (χ0n) is 11.4. The van der Waals surface area contributed by atoms with E-state index in [0.29, 0.717) is 23.4 Å². The van der Waals surface area contributed by atoms with Crippen molar-refractivity contribution in [1.29, 1.82) is 5.26 Å². The van der Waals surface area contributed by atoms with Crippen molar-refractivity contribution < 1.29 is 17.9 Å². The Hall–Kier alpha value is -1.90. The minimum Gasteiger partial charge on any atom is -0.495 e. The lowest BCUT2D eigenvalue weighted by atomic mass is 10.1. The smallest absolute Gasteiger partial charge is 0.389 e. The number of benzene rings is 1. The summed E-state index contributed by atoms with van der Waals surface area (Å²) in [6, 6.07) is 6.80. The summed E-state index contributed by atoms with van der Waals surface area (Å²) in [6.45, 7) is 1.81. The van der Waals surface area contributed by atoms with E-state index in [4.69, 9.17) is 10.00 Å². The third kappa shape index (κ3) is 5.39. The summed E-state index contributed by atoms with van der Waals surface area (Å²) < 4.78 is 41.3. The first-order valence-corrected chi connectivity index (χ1v) is 6.27. The summed E-state index contributed by atoms with van der Waals surface area (Å²) in [4.78, 5) is 0. The van der Waals surface area contributed by atoms with Gasteiger partial charge in [0.05, 0.1) is 24.4 Å². The Kier molecular flexibility index (Phi) is 5.68. The summed E-state index contributed by atoms with van der Waals surface area (Å²) in [7, 11) is 1.48. The number of ether oxygens (including phenoxy) is 1. The van der Waals surface area contributed by atoms with Crippen LogP contribution in [-0.4, -0.2) is 19.3 Å². The molecule has 1 aromatic carbocycles. The summed E-state index contributed by atoms with van der Waals surface area (Å²) in [5.41, 5.74) is 1.14. The van der Waals surface area contributed by atoms with E-state index in [1.165, 1.54) is 7.11 Å². The number of halogens is 3. The third-order valence-corrected chi connectivity index (χ3v) is 2.83. The van der Waals surface area contributed by atoms with E-state index < -0.39 is 12.6 Å². The van der Waals surface area contributed by atoms with Crippen LogP contribution in [0.3, 0.4) is 0 Å². The quantitative estimate of drug-likeness (QED) is 0.856. The highest BCUT2D eigenvalue weighted by Gasteiger charge is 2.26. The van der Waals surface area contributed by atoms with Gasteiger partial charge >= 0.3 is 6.18 Å². The zero-order valence-corrected chi connectivity index (χ0v) is 11.4. The maximum Gasteiger partial charge on any atom is 0.389 e. The molecule has 0 aliphatic heterocycles. The molecule has 0 heterocycles. The van der Waals surface area contributed by atoms with Crippen molar-refractivity contribution >= 4 is 5.69 Å². The van der Waals surface area contributed by atoms with Crippen LogP contribution in [0.15, 0.2) is 18.2 Å². The average molecular weight is 286 g/mol. The van der Waals surface area contributed by atoms with E-state index in [2.05, 4.69) is 5.32 Å². The second kappa shape index (κ2) is 7.04. The van der Waals surface area contributed by atoms with Crippen LogP contribution in [0.25, 0.3) is 0 Å². The molecule has 0 saturated carbocycles. The Labute approximate surface area is 116 Å². The van der Waals surface area contributed by atoms with Crippen molar-refractivity contribution in [1.82, 2.24) is 0 Å². The highest BCUT2D eigenvalue weighted by atomic mass is 19.4. The largest absolute Gasteiger partial charge is 0.495 e. The molecule has 1 N–H and O–H groups in total. The first kappa shape index (κ1) is 16.2. The molecule has 1 aromatic rings. The molecule has 0 bridgehead atoms. The molecule has 0 aliphatic carbocycles. The molecule has 0 fully saturated rings. The number of methoxy groups -OCH3 is 1. The van der Waals surface area contributed by atoms with Gasteiger partial charge < -0.3 is 10.1 Å². The summed E-state index contributed by atoms with van der Waals surface area (Å²) in [5, 5.41) is 11.9. The number of rotatable bonds is 6. The van der Waals surface area contributed by atoms with Crippen LogP contribution < -0.4 is 10.1 Å². The Morgan fingerprint density at radius 3 is 2.65 bits per heavy atom. The summed E-state index contributed by atoms with van der Waals surface area (Å²) in [5.74, 6) is 0.506. The van der Waals surface area contributed by atoms with Gasteiger partial charge in [-0.1, -0.05) is 0 Å². The molecule has 3 nitrogen and oxygen atoms in total. The number of nitrogens with one attached hydrogen (secondary N) is 1. The topological polar surface area (TPSA) is 45.0 Å². The molecule has 0 aromatic heterocycles. The molecule has 1 atom stereocenters. The van der Waals surface area contributed by atoms with Gasteiger partial charge in [-0.25, -0.2) is 0 Å². The zero-order chi connectivity index (χ0) is 15.2. The standard InChI is InChI=1S/C14H17F3N2O/c1-10(4-3-7-14(15,16)17)19-12-6-5-11(9-18)8-13(12)20-2/h5-6,8,10,19H,3-4,7H2,1-2H3. The van der Waals surface area contributed by atoms with Gasteiger partial charge in [0.2, 0.25) is 0 Å². The predicted octanol–water partition coefficient (Wildman–Crippen LogP) is 4.10. The van der Waals surface area contributed by atoms with Crippen molar-refractivity contribution in [3.05, 3.63) is 23.8 Å². The minimum atomic E-state index is -4.11. The van der Waals surface area contributed by atoms with E-state index in [9.17, 15) is 13.2 Å². The van der Waals surface area contributed by atoms with Gasteiger partial charge in [-0.05, 0) is 31.9 Å². The van der Waals surface area contributed by atoms with Crippen LogP contribution in [0.5, 0.6) is 5.75 Å². The molecule has 0 saturated heterocycles. The predicted molar refractivity (Wildman–Crippen MR) is 70.7 cm³/mol. The molecular weight excluding hydrogens is 269 g/mol. The first-order chi connectivity index (χ1) is 9.35. The Bertz CT molecular complexity index is 480. The van der Waals surface area contributed by atoms with Gasteiger partial charge in [0.25, 0.3) is 0 Å². The first-order valence-electron chi connectivity index (χ1n) is 6.27. The lowest BCUT2D eigenvalue weighted by Gasteiger charge is -2.18. The van der Waals surface area contributed by atoms with Gasteiger partial charge in [0.1, 0.15) is 5.75 Å². The molecule has 0 aliphatic rings. The molecule has 20 heavy (non-hydrogen) atoms. The fourth-order valence-electron chi connectivity index (χ4n) is 1.83. The Morgan fingerprint density at radius 2 is 2.10 bits per heavy atom. The van der Waals surface area contributed by atoms with Crippen molar-refractivity contribution in [3.8, 4) is 11.8 Å². The molecule has 0 spiro atoms. The lowest BCUT2D eigenvalue weighted by Crippen LogP contribution is -2.17. The summed E-state index contributed by atoms with van der Waals surface area (Å²) >= 11 is 0. The van der Waals surface area contributed by atoms with Gasteiger partial charge in [-0.15, -0.1) is 0 Å². The number of anilines is 1. The highest BCUT2D eigenvalue weighted by molar-refractivity contribution is 5.59. The van der Waals surface area contributed by atoms with Gasteiger partial charge in [-0.2, -0.15) is 18.4 Å². The molecule has 1 rings (SSSR count). The summed E-state index contributed by atoms with van der Waals surface area (Å²) in [6.07, 6.45) is -4.39. The monoisotopic (exact) mass is 286 g/mol. The number of hydrogen-bond donors (Lipinski definition) is 1. The van der Waals surface area contributed by atoms with Crippen LogP contribution in [-0.2, 0) is 0 Å². The molecular formula is C14H17F3N2O. The van der Waals surface area contributed by atoms with Crippen molar-refractivity contribution in [2.24, 2.45) is 0 Å². The van der Waals surface area contributed by atoms with E-state index >= 15 is 0 Å². The van der Waals surface area contributed by atoms with E-state index in [0.717, 1.165) is 0 Å². The van der Waals surface area contributed by atoms with Gasteiger partial charge in [0.15, 0.2) is 0 Å². The molecule has 1 unspecified atom stereocenters. The number of nitrogens with zero attached hydrogens (tertiary/aromatic N) is 1. The van der Waals surface area contributed by atoms with Gasteiger partial charge in [-0.3, -0.25) is 0 Å². The van der Waals surface area contributed by atoms with Crippen LogP contribution >= 0.6 is 0 Å². The lowest BCUT2D eigenvalue weighted by molar-refractivity contribution is -0.135. The van der Waals surface area contributed by atoms with Gasteiger partial charge in [0, 0.05) is 18.5 Å². The molecule has 110 valence electrons. The second-order valence-electron chi connectivity index (χ2n) is 4.58. The Morgan fingerprint density at radius 1 is 1.40 bits per heavy atom. The average Bonchev–Trinajstić information content (AvgIpc) is 2.37. The minimum absolute atomic E-state index is 0.0796. The van der Waals surface area contributed by atoms with E-state index in [-0.39, 0.29) is 12.5 Å². The Balaban J connectivity index is 2.57. The van der Waals surface area contributed by atoms with Crippen LogP contribution in [0, 0.1) is 11.3 Å². The highest BCUT2D eigenvalue weighted by Crippen LogP contribution is 2.27. The molecule has 6 heteroatoms. The van der Waals surface area contributed by atoms with Crippen molar-refractivity contribution in [2.75, 3.05) is 12.4 Å². The van der Waals surface area contributed by atoms with E-state index in [1.807, 2.05) is 13.0 Å². The third-order valence-electron chi connectivity index (χ3n) is 2.83. The fraction of sp³-hybridized carbons (Fsp3) is 0.500. The number of nitriles is 1. The van der Waals surface area contributed by atoms with E-state index in [1.54, 1.807) is 18.2 Å². The number of alkyl halides is 3. The maximum atomic E-state index is 12.1.